The van der Waals surface area contributed by atoms with Crippen LogP contribution in [0.25, 0.3) is 21.8 Å². The van der Waals surface area contributed by atoms with Gasteiger partial charge < -0.3 is 9.30 Å². The molecular weight excluding hydrogens is 404 g/mol. The van der Waals surface area contributed by atoms with Crippen molar-refractivity contribution in [3.8, 4) is 5.75 Å². The van der Waals surface area contributed by atoms with Gasteiger partial charge in [0, 0.05) is 35.0 Å². The zero-order valence-electron chi connectivity index (χ0n) is 17.9. The number of nitroso groups, excluding NO2 is 1. The molecule has 3 aromatic carbocycles. The lowest BCUT2D eigenvalue weighted by Gasteiger charge is -2.09. The molecule has 5 rings (SSSR count). The number of rotatable bonds is 4. The molecule has 1 aliphatic heterocycles. The van der Waals surface area contributed by atoms with Crippen LogP contribution in [0.1, 0.15) is 45.2 Å². The van der Waals surface area contributed by atoms with E-state index < -0.39 is 6.04 Å². The number of hydrogen-bond acceptors (Lipinski definition) is 5. The average Bonchev–Trinajstić information content (AvgIpc) is 3.04. The molecular formula is C26H22N2O4. The van der Waals surface area contributed by atoms with E-state index in [4.69, 9.17) is 4.74 Å². The lowest BCUT2D eigenvalue weighted by Crippen LogP contribution is -2.17. The minimum Gasteiger partial charge on any atom is -0.492 e. The van der Waals surface area contributed by atoms with Crippen molar-refractivity contribution in [2.75, 3.05) is 6.61 Å². The standard InChI is InChI=1S/C26H22N2O4/c1-3-28-21-10-8-16(24(29)17-7-5-4-6-15(17)2)14-19(21)23-22(28)11-9-18-25(30)20(27-31)12-13-32-26(18)23/h4-11,14,20H,3,12-13H2,1-2H3. The molecule has 0 radical (unpaired) electrons. The van der Waals surface area contributed by atoms with E-state index in [1.807, 2.05) is 55.5 Å². The Morgan fingerprint density at radius 1 is 1.12 bits per heavy atom. The van der Waals surface area contributed by atoms with Gasteiger partial charge in [-0.15, -0.1) is 0 Å². The highest BCUT2D eigenvalue weighted by Crippen LogP contribution is 2.40. The van der Waals surface area contributed by atoms with Gasteiger partial charge in [0.2, 0.25) is 0 Å². The predicted molar refractivity (Wildman–Crippen MR) is 124 cm³/mol. The van der Waals surface area contributed by atoms with E-state index in [1.54, 1.807) is 6.07 Å². The van der Waals surface area contributed by atoms with E-state index >= 15 is 0 Å². The van der Waals surface area contributed by atoms with E-state index in [0.29, 0.717) is 22.4 Å². The summed E-state index contributed by atoms with van der Waals surface area (Å²) in [5.74, 6) is 0.0990. The van der Waals surface area contributed by atoms with Crippen LogP contribution in [0.5, 0.6) is 5.75 Å². The highest BCUT2D eigenvalue weighted by Gasteiger charge is 2.30. The smallest absolute Gasteiger partial charge is 0.194 e. The summed E-state index contributed by atoms with van der Waals surface area (Å²) in [6, 6.07) is 15.9. The third-order valence-corrected chi connectivity index (χ3v) is 6.28. The molecule has 0 saturated heterocycles. The van der Waals surface area contributed by atoms with Gasteiger partial charge in [-0.2, -0.15) is 4.91 Å². The van der Waals surface area contributed by atoms with Gasteiger partial charge in [-0.05, 0) is 49.7 Å². The number of aryl methyl sites for hydroxylation is 2. The number of carbonyl (C=O) groups is 2. The van der Waals surface area contributed by atoms with Crippen molar-refractivity contribution in [2.24, 2.45) is 5.18 Å². The number of aromatic nitrogens is 1. The minimum absolute atomic E-state index is 0.0494. The molecule has 4 aromatic rings. The van der Waals surface area contributed by atoms with Crippen LogP contribution in [0.3, 0.4) is 0 Å². The Bertz CT molecular complexity index is 1420. The van der Waals surface area contributed by atoms with Crippen molar-refractivity contribution in [2.45, 2.75) is 32.9 Å². The normalized spacial score (nSPS) is 15.9. The van der Waals surface area contributed by atoms with Crippen LogP contribution < -0.4 is 4.74 Å². The highest BCUT2D eigenvalue weighted by atomic mass is 16.5. The number of ether oxygens (including phenoxy) is 1. The van der Waals surface area contributed by atoms with Crippen LogP contribution in [0.15, 0.2) is 59.8 Å². The zero-order valence-corrected chi connectivity index (χ0v) is 17.9. The van der Waals surface area contributed by atoms with Crippen LogP contribution in [0.4, 0.5) is 0 Å². The first kappa shape index (κ1) is 20.1. The lowest BCUT2D eigenvalue weighted by atomic mass is 9.96. The quantitative estimate of drug-likeness (QED) is 0.321. The fourth-order valence-corrected chi connectivity index (χ4v) is 4.65. The summed E-state index contributed by atoms with van der Waals surface area (Å²) in [7, 11) is 0. The predicted octanol–water partition coefficient (Wildman–Crippen LogP) is 5.45. The van der Waals surface area contributed by atoms with Gasteiger partial charge in [0.1, 0.15) is 5.75 Å². The maximum atomic E-state index is 13.3. The Morgan fingerprint density at radius 3 is 2.66 bits per heavy atom. The van der Waals surface area contributed by atoms with Gasteiger partial charge in [-0.3, -0.25) is 9.59 Å². The Morgan fingerprint density at radius 2 is 1.91 bits per heavy atom. The van der Waals surface area contributed by atoms with E-state index in [2.05, 4.69) is 16.7 Å². The number of benzene rings is 3. The lowest BCUT2D eigenvalue weighted by molar-refractivity contribution is 0.0960. The summed E-state index contributed by atoms with van der Waals surface area (Å²) < 4.78 is 8.16. The van der Waals surface area contributed by atoms with Gasteiger partial charge in [0.05, 0.1) is 23.1 Å². The number of ketones is 2. The average molecular weight is 426 g/mol. The van der Waals surface area contributed by atoms with Crippen LogP contribution in [0, 0.1) is 11.8 Å². The number of hydrogen-bond donors (Lipinski definition) is 0. The van der Waals surface area contributed by atoms with E-state index in [0.717, 1.165) is 33.9 Å². The summed E-state index contributed by atoms with van der Waals surface area (Å²) in [5, 5.41) is 4.64. The molecule has 2 heterocycles. The largest absolute Gasteiger partial charge is 0.492 e. The maximum absolute atomic E-state index is 13.3. The Hall–Kier alpha value is -3.80. The van der Waals surface area contributed by atoms with E-state index in [9.17, 15) is 14.5 Å². The van der Waals surface area contributed by atoms with Gasteiger partial charge in [0.25, 0.3) is 0 Å². The summed E-state index contributed by atoms with van der Waals surface area (Å²) >= 11 is 0. The Balaban J connectivity index is 1.78. The first-order chi connectivity index (χ1) is 15.5. The highest BCUT2D eigenvalue weighted by molar-refractivity contribution is 6.19. The third kappa shape index (κ3) is 2.94. The minimum atomic E-state index is -0.939. The number of fused-ring (bicyclic) bond motifs is 5. The van der Waals surface area contributed by atoms with Crippen LogP contribution >= 0.6 is 0 Å². The topological polar surface area (TPSA) is 77.7 Å². The monoisotopic (exact) mass is 426 g/mol. The summed E-state index contributed by atoms with van der Waals surface area (Å²) in [6.45, 7) is 4.92. The molecule has 0 spiro atoms. The fourth-order valence-electron chi connectivity index (χ4n) is 4.65. The second-order valence-corrected chi connectivity index (χ2v) is 8.08. The number of nitrogens with zero attached hydrogens (tertiary/aromatic N) is 2. The van der Waals surface area contributed by atoms with Crippen molar-refractivity contribution >= 4 is 33.4 Å². The first-order valence-electron chi connectivity index (χ1n) is 10.7. The van der Waals surface area contributed by atoms with Crippen molar-refractivity contribution in [3.63, 3.8) is 0 Å². The summed E-state index contributed by atoms with van der Waals surface area (Å²) in [5.41, 5.74) is 4.41. The van der Waals surface area contributed by atoms with Gasteiger partial charge in [0.15, 0.2) is 17.6 Å². The van der Waals surface area contributed by atoms with Crippen molar-refractivity contribution < 1.29 is 14.3 Å². The zero-order chi connectivity index (χ0) is 22.4. The third-order valence-electron chi connectivity index (χ3n) is 6.28. The van der Waals surface area contributed by atoms with Crippen molar-refractivity contribution in [1.29, 1.82) is 0 Å². The number of Topliss-reactive ketones (excluding diaryl/α,β-unsaturated/α-hetero) is 1. The molecule has 0 N–H and O–H groups in total. The fraction of sp³-hybridized carbons (Fsp3) is 0.231. The Kier molecular flexibility index (Phi) is 4.85. The molecule has 1 atom stereocenters. The molecule has 1 aliphatic rings. The molecule has 32 heavy (non-hydrogen) atoms. The second-order valence-electron chi connectivity index (χ2n) is 8.08. The molecule has 6 heteroatoms. The first-order valence-corrected chi connectivity index (χ1v) is 10.7. The number of carbonyl (C=O) groups excluding carboxylic acids is 2. The van der Waals surface area contributed by atoms with Crippen LogP contribution in [-0.4, -0.2) is 28.8 Å². The van der Waals surface area contributed by atoms with Crippen molar-refractivity contribution in [1.82, 2.24) is 4.57 Å². The maximum Gasteiger partial charge on any atom is 0.194 e. The molecule has 0 amide bonds. The molecule has 1 unspecified atom stereocenters. The molecule has 0 saturated carbocycles. The second kappa shape index (κ2) is 7.71. The molecule has 0 fully saturated rings. The molecule has 0 aliphatic carbocycles. The molecule has 1 aromatic heterocycles. The summed E-state index contributed by atoms with van der Waals surface area (Å²) in [6.07, 6.45) is 0.252. The van der Waals surface area contributed by atoms with Gasteiger partial charge >= 0.3 is 0 Å². The molecule has 0 bridgehead atoms. The van der Waals surface area contributed by atoms with Gasteiger partial charge in [-0.25, -0.2) is 0 Å². The van der Waals surface area contributed by atoms with Gasteiger partial charge in [-0.1, -0.05) is 29.4 Å². The van der Waals surface area contributed by atoms with E-state index in [-0.39, 0.29) is 24.6 Å². The van der Waals surface area contributed by atoms with Crippen molar-refractivity contribution in [3.05, 3.63) is 81.8 Å². The van der Waals surface area contributed by atoms with Crippen LogP contribution in [0.2, 0.25) is 0 Å². The molecule has 6 nitrogen and oxygen atoms in total. The SMILES string of the molecule is CCn1c2ccc(C(=O)c3ccccc3C)cc2c2c3c(ccc21)C(=O)C(N=O)CCO3. The van der Waals surface area contributed by atoms with Crippen LogP contribution in [-0.2, 0) is 6.54 Å². The summed E-state index contributed by atoms with van der Waals surface area (Å²) in [4.78, 5) is 37.3. The van der Waals surface area contributed by atoms with E-state index in [1.165, 1.54) is 0 Å². The molecule has 160 valence electrons. The Labute approximate surface area is 184 Å².